The predicted molar refractivity (Wildman–Crippen MR) is 97.0 cm³/mol. The summed E-state index contributed by atoms with van der Waals surface area (Å²) < 4.78 is 0. The molecule has 1 aromatic rings. The Bertz CT molecular complexity index is 516. The lowest BCUT2D eigenvalue weighted by atomic mass is 9.91. The van der Waals surface area contributed by atoms with Crippen LogP contribution >= 0.6 is 11.8 Å². The number of piperidine rings is 1. The molecule has 5 heteroatoms. The maximum Gasteiger partial charge on any atom is 0.252 e. The summed E-state index contributed by atoms with van der Waals surface area (Å²) >= 11 is 1.58. The third kappa shape index (κ3) is 4.95. The molecule has 0 saturated carbocycles. The Morgan fingerprint density at radius 1 is 1.48 bits per heavy atom. The lowest BCUT2D eigenvalue weighted by Crippen LogP contribution is -2.54. The highest BCUT2D eigenvalue weighted by Crippen LogP contribution is 2.25. The van der Waals surface area contributed by atoms with Gasteiger partial charge in [-0.1, -0.05) is 13.3 Å². The standard InChI is InChI=1S/C18H29N3OS/c1-5-14-7-6-10-21(12-14)18(2,3)13-20-17(22)15-8-9-16(23-4)19-11-15/h8-9,11,14H,5-7,10,12-13H2,1-4H3,(H,20,22). The Kier molecular flexibility index (Phi) is 6.48. The molecule has 2 rings (SSSR count). The number of hydrogen-bond acceptors (Lipinski definition) is 4. The number of pyridine rings is 1. The van der Waals surface area contributed by atoms with E-state index in [4.69, 9.17) is 0 Å². The van der Waals surface area contributed by atoms with Gasteiger partial charge < -0.3 is 5.32 Å². The van der Waals surface area contributed by atoms with Gasteiger partial charge in [-0.3, -0.25) is 9.69 Å². The zero-order valence-electron chi connectivity index (χ0n) is 14.8. The maximum absolute atomic E-state index is 12.3. The first kappa shape index (κ1) is 18.3. The Labute approximate surface area is 144 Å². The van der Waals surface area contributed by atoms with Crippen LogP contribution in [0.15, 0.2) is 23.4 Å². The molecule has 1 aliphatic rings. The third-order valence-corrected chi connectivity index (χ3v) is 5.50. The Morgan fingerprint density at radius 3 is 2.87 bits per heavy atom. The van der Waals surface area contributed by atoms with Gasteiger partial charge in [0.15, 0.2) is 0 Å². The molecule has 1 aromatic heterocycles. The van der Waals surface area contributed by atoms with Gasteiger partial charge in [0, 0.05) is 24.8 Å². The molecular weight excluding hydrogens is 306 g/mol. The van der Waals surface area contributed by atoms with E-state index >= 15 is 0 Å². The van der Waals surface area contributed by atoms with Gasteiger partial charge >= 0.3 is 0 Å². The molecular formula is C18H29N3OS. The minimum Gasteiger partial charge on any atom is -0.350 e. The minimum absolute atomic E-state index is 0.0177. The molecule has 0 aromatic carbocycles. The molecule has 4 nitrogen and oxygen atoms in total. The molecule has 1 aliphatic heterocycles. The van der Waals surface area contributed by atoms with E-state index in [-0.39, 0.29) is 11.4 Å². The summed E-state index contributed by atoms with van der Waals surface area (Å²) in [5.41, 5.74) is 0.611. The van der Waals surface area contributed by atoms with Gasteiger partial charge in [-0.25, -0.2) is 4.98 Å². The second kappa shape index (κ2) is 8.15. The molecule has 0 aliphatic carbocycles. The number of likely N-dealkylation sites (tertiary alicyclic amines) is 1. The number of nitrogens with zero attached hydrogens (tertiary/aromatic N) is 2. The van der Waals surface area contributed by atoms with Crippen molar-refractivity contribution in [1.82, 2.24) is 15.2 Å². The summed E-state index contributed by atoms with van der Waals surface area (Å²) in [6, 6.07) is 3.73. The van der Waals surface area contributed by atoms with E-state index in [1.807, 2.05) is 18.4 Å². The molecule has 2 heterocycles. The quantitative estimate of drug-likeness (QED) is 0.809. The van der Waals surface area contributed by atoms with Gasteiger partial charge in [-0.2, -0.15) is 0 Å². The highest BCUT2D eigenvalue weighted by atomic mass is 32.2. The van der Waals surface area contributed by atoms with Crippen LogP contribution < -0.4 is 5.32 Å². The number of rotatable bonds is 6. The van der Waals surface area contributed by atoms with E-state index in [0.717, 1.165) is 24.0 Å². The second-order valence-electron chi connectivity index (χ2n) is 6.95. The number of hydrogen-bond donors (Lipinski definition) is 1. The van der Waals surface area contributed by atoms with Crippen LogP contribution in [0.3, 0.4) is 0 Å². The average Bonchev–Trinajstić information content (AvgIpc) is 2.60. The van der Waals surface area contributed by atoms with Crippen molar-refractivity contribution >= 4 is 17.7 Å². The number of carbonyl (C=O) groups is 1. The van der Waals surface area contributed by atoms with Crippen LogP contribution in [0.2, 0.25) is 0 Å². The fourth-order valence-corrected chi connectivity index (χ4v) is 3.46. The lowest BCUT2D eigenvalue weighted by Gasteiger charge is -2.43. The number of nitrogens with one attached hydrogen (secondary N) is 1. The van der Waals surface area contributed by atoms with Gasteiger partial charge in [0.1, 0.15) is 0 Å². The molecule has 1 fully saturated rings. The third-order valence-electron chi connectivity index (χ3n) is 4.84. The minimum atomic E-state index is -0.0396. The van der Waals surface area contributed by atoms with Crippen LogP contribution in [0.5, 0.6) is 0 Å². The summed E-state index contributed by atoms with van der Waals surface area (Å²) in [6.45, 7) is 9.65. The Balaban J connectivity index is 1.90. The van der Waals surface area contributed by atoms with Crippen molar-refractivity contribution in [3.05, 3.63) is 23.9 Å². The fraction of sp³-hybridized carbons (Fsp3) is 0.667. The van der Waals surface area contributed by atoms with Gasteiger partial charge in [-0.05, 0) is 57.5 Å². The molecule has 0 bridgehead atoms. The van der Waals surface area contributed by atoms with Crippen LogP contribution in [-0.4, -0.2) is 47.2 Å². The molecule has 1 atom stereocenters. The Hall–Kier alpha value is -1.07. The van der Waals surface area contributed by atoms with E-state index in [0.29, 0.717) is 12.1 Å². The lowest BCUT2D eigenvalue weighted by molar-refractivity contribution is 0.0612. The molecule has 1 amide bonds. The average molecular weight is 336 g/mol. The van der Waals surface area contributed by atoms with Crippen molar-refractivity contribution in [3.8, 4) is 0 Å². The van der Waals surface area contributed by atoms with Crippen LogP contribution in [-0.2, 0) is 0 Å². The zero-order chi connectivity index (χ0) is 16.9. The van der Waals surface area contributed by atoms with Crippen LogP contribution in [0.4, 0.5) is 0 Å². The van der Waals surface area contributed by atoms with E-state index in [9.17, 15) is 4.79 Å². The smallest absolute Gasteiger partial charge is 0.252 e. The number of carbonyl (C=O) groups excluding carboxylic acids is 1. The highest BCUT2D eigenvalue weighted by Gasteiger charge is 2.31. The first-order valence-corrected chi connectivity index (χ1v) is 9.72. The van der Waals surface area contributed by atoms with Crippen molar-refractivity contribution in [2.75, 3.05) is 25.9 Å². The van der Waals surface area contributed by atoms with Crippen molar-refractivity contribution in [2.24, 2.45) is 5.92 Å². The van der Waals surface area contributed by atoms with E-state index in [1.165, 1.54) is 19.3 Å². The van der Waals surface area contributed by atoms with Crippen molar-refractivity contribution in [3.63, 3.8) is 0 Å². The molecule has 1 unspecified atom stereocenters. The topological polar surface area (TPSA) is 45.2 Å². The van der Waals surface area contributed by atoms with E-state index in [2.05, 4.69) is 36.0 Å². The van der Waals surface area contributed by atoms with Crippen LogP contribution in [0.25, 0.3) is 0 Å². The largest absolute Gasteiger partial charge is 0.350 e. The van der Waals surface area contributed by atoms with Crippen molar-refractivity contribution < 1.29 is 4.79 Å². The van der Waals surface area contributed by atoms with Crippen molar-refractivity contribution in [2.45, 2.75) is 50.6 Å². The summed E-state index contributed by atoms with van der Waals surface area (Å²) in [7, 11) is 0. The molecule has 128 valence electrons. The number of amides is 1. The summed E-state index contributed by atoms with van der Waals surface area (Å²) in [6.07, 6.45) is 7.47. The first-order chi connectivity index (χ1) is 11.0. The summed E-state index contributed by atoms with van der Waals surface area (Å²) in [5.74, 6) is 0.754. The normalized spacial score (nSPS) is 19.6. The van der Waals surface area contributed by atoms with Gasteiger partial charge in [0.05, 0.1) is 10.6 Å². The number of thioether (sulfide) groups is 1. The van der Waals surface area contributed by atoms with Crippen LogP contribution in [0, 0.1) is 5.92 Å². The summed E-state index contributed by atoms with van der Waals surface area (Å²) in [4.78, 5) is 19.1. The SMILES string of the molecule is CCC1CCCN(C(C)(C)CNC(=O)c2ccc(SC)nc2)C1. The van der Waals surface area contributed by atoms with Crippen molar-refractivity contribution in [1.29, 1.82) is 0 Å². The van der Waals surface area contributed by atoms with Gasteiger partial charge in [0.25, 0.3) is 5.91 Å². The van der Waals surface area contributed by atoms with E-state index in [1.54, 1.807) is 18.0 Å². The maximum atomic E-state index is 12.3. The van der Waals surface area contributed by atoms with E-state index < -0.39 is 0 Å². The zero-order valence-corrected chi connectivity index (χ0v) is 15.6. The first-order valence-electron chi connectivity index (χ1n) is 8.49. The molecule has 0 radical (unpaired) electrons. The molecule has 23 heavy (non-hydrogen) atoms. The molecule has 0 spiro atoms. The van der Waals surface area contributed by atoms with Crippen LogP contribution in [0.1, 0.15) is 50.4 Å². The molecule has 1 saturated heterocycles. The van der Waals surface area contributed by atoms with Gasteiger partial charge in [-0.15, -0.1) is 11.8 Å². The Morgan fingerprint density at radius 2 is 2.26 bits per heavy atom. The highest BCUT2D eigenvalue weighted by molar-refractivity contribution is 7.98. The second-order valence-corrected chi connectivity index (χ2v) is 7.77. The fourth-order valence-electron chi connectivity index (χ4n) is 3.09. The monoisotopic (exact) mass is 335 g/mol. The molecule has 1 N–H and O–H groups in total. The summed E-state index contributed by atoms with van der Waals surface area (Å²) in [5, 5.41) is 4.01. The predicted octanol–water partition coefficient (Wildman–Crippen LogP) is 3.43. The number of aromatic nitrogens is 1. The van der Waals surface area contributed by atoms with Gasteiger partial charge in [0.2, 0.25) is 0 Å².